The summed E-state index contributed by atoms with van der Waals surface area (Å²) in [6, 6.07) is 0. The molecule has 2 saturated heterocycles. The Balaban J connectivity index is 1.17. The van der Waals surface area contributed by atoms with Crippen LogP contribution in [0, 0.1) is 52.3 Å². The van der Waals surface area contributed by atoms with Crippen molar-refractivity contribution >= 4 is 6.16 Å². The number of carbonyl (C=O) groups excluding carboxylic acids is 1. The van der Waals surface area contributed by atoms with Gasteiger partial charge in [0.1, 0.15) is 6.10 Å². The molecule has 2 aliphatic heterocycles. The number of hydrogen-bond acceptors (Lipinski definition) is 5. The molecule has 5 heteroatoms. The second-order valence-corrected chi connectivity index (χ2v) is 13.9. The molecule has 0 aromatic heterocycles. The first-order valence-electron chi connectivity index (χ1n) is 14.9. The van der Waals surface area contributed by atoms with Crippen LogP contribution in [0.25, 0.3) is 0 Å². The molecule has 6 fully saturated rings. The summed E-state index contributed by atoms with van der Waals surface area (Å²) in [4.78, 5) is 11.9. The van der Waals surface area contributed by atoms with Crippen molar-refractivity contribution in [2.75, 3.05) is 13.2 Å². The smallest absolute Gasteiger partial charge is 0.435 e. The molecule has 0 bridgehead atoms. The fourth-order valence-electron chi connectivity index (χ4n) is 10.6. The lowest BCUT2D eigenvalue weighted by molar-refractivity contribution is -0.273. The molecule has 12 atom stereocenters. The van der Waals surface area contributed by atoms with E-state index < -0.39 is 6.16 Å². The third kappa shape index (κ3) is 3.64. The third-order valence-corrected chi connectivity index (χ3v) is 12.4. The lowest BCUT2D eigenvalue weighted by atomic mass is 9.44. The average molecular weight is 489 g/mol. The maximum Gasteiger partial charge on any atom is 0.508 e. The van der Waals surface area contributed by atoms with E-state index in [1.807, 2.05) is 6.92 Å². The van der Waals surface area contributed by atoms with Crippen LogP contribution in [0.3, 0.4) is 0 Å². The van der Waals surface area contributed by atoms with E-state index in [9.17, 15) is 4.79 Å². The highest BCUT2D eigenvalue weighted by molar-refractivity contribution is 5.60. The average Bonchev–Trinajstić information content (AvgIpc) is 3.26. The molecule has 5 nitrogen and oxygen atoms in total. The molecular formula is C30H48O5. The maximum absolute atomic E-state index is 11.9. The Kier molecular flexibility index (Phi) is 6.03. The Morgan fingerprint density at radius 2 is 1.74 bits per heavy atom. The second kappa shape index (κ2) is 8.61. The van der Waals surface area contributed by atoms with E-state index >= 15 is 0 Å². The van der Waals surface area contributed by atoms with Crippen LogP contribution in [0.1, 0.15) is 98.8 Å². The maximum atomic E-state index is 11.9. The summed E-state index contributed by atoms with van der Waals surface area (Å²) < 4.78 is 24.2. The van der Waals surface area contributed by atoms with Crippen molar-refractivity contribution < 1.29 is 23.7 Å². The first-order valence-corrected chi connectivity index (χ1v) is 14.9. The molecule has 6 unspecified atom stereocenters. The van der Waals surface area contributed by atoms with Gasteiger partial charge in [0.2, 0.25) is 0 Å². The van der Waals surface area contributed by atoms with Crippen LogP contribution < -0.4 is 0 Å². The largest absolute Gasteiger partial charge is 0.508 e. The van der Waals surface area contributed by atoms with E-state index in [4.69, 9.17) is 18.9 Å². The topological polar surface area (TPSA) is 54.0 Å². The van der Waals surface area contributed by atoms with Gasteiger partial charge in [-0.25, -0.2) is 4.79 Å². The summed E-state index contributed by atoms with van der Waals surface area (Å²) in [5.41, 5.74) is 0.765. The van der Waals surface area contributed by atoms with E-state index in [0.29, 0.717) is 47.2 Å². The lowest BCUT2D eigenvalue weighted by Gasteiger charge is -2.61. The SMILES string of the molecule is CCOC(=O)O[C@@H]1CC[C@@]2(C)C(CCC3C2CC[C@@]2(C)C3CC3O[C@]4(CC[C@H](C)CO4)[C@@H](C)C32)C1. The van der Waals surface area contributed by atoms with Crippen LogP contribution in [-0.2, 0) is 18.9 Å². The minimum Gasteiger partial charge on any atom is -0.435 e. The van der Waals surface area contributed by atoms with Gasteiger partial charge >= 0.3 is 6.16 Å². The van der Waals surface area contributed by atoms with Gasteiger partial charge in [-0.05, 0) is 111 Å². The quantitative estimate of drug-likeness (QED) is 0.393. The first-order chi connectivity index (χ1) is 16.7. The lowest BCUT2D eigenvalue weighted by Crippen LogP contribution is -2.55. The van der Waals surface area contributed by atoms with E-state index in [1.165, 1.54) is 44.9 Å². The molecule has 0 N–H and O–H groups in total. The van der Waals surface area contributed by atoms with Crippen LogP contribution in [0.15, 0.2) is 0 Å². The summed E-state index contributed by atoms with van der Waals surface area (Å²) in [6.45, 7) is 13.0. The van der Waals surface area contributed by atoms with Gasteiger partial charge in [0.05, 0.1) is 19.3 Å². The molecule has 2 heterocycles. The van der Waals surface area contributed by atoms with Crippen molar-refractivity contribution in [3.05, 3.63) is 0 Å². The Hall–Kier alpha value is -0.810. The van der Waals surface area contributed by atoms with Crippen LogP contribution in [0.2, 0.25) is 0 Å². The van der Waals surface area contributed by atoms with Gasteiger partial charge in [-0.2, -0.15) is 0 Å². The number of ether oxygens (including phenoxy) is 4. The molecule has 1 spiro atoms. The predicted molar refractivity (Wildman–Crippen MR) is 134 cm³/mol. The van der Waals surface area contributed by atoms with Crippen molar-refractivity contribution in [3.63, 3.8) is 0 Å². The Morgan fingerprint density at radius 1 is 0.943 bits per heavy atom. The van der Waals surface area contributed by atoms with Crippen molar-refractivity contribution in [2.24, 2.45) is 52.3 Å². The van der Waals surface area contributed by atoms with Gasteiger partial charge < -0.3 is 18.9 Å². The zero-order chi connectivity index (χ0) is 24.6. The predicted octanol–water partition coefficient (Wildman–Crippen LogP) is 6.97. The number of fused-ring (bicyclic) bond motifs is 7. The fourth-order valence-corrected chi connectivity index (χ4v) is 10.6. The monoisotopic (exact) mass is 488 g/mol. The minimum absolute atomic E-state index is 0.0343. The summed E-state index contributed by atoms with van der Waals surface area (Å²) in [6.07, 6.45) is 12.0. The summed E-state index contributed by atoms with van der Waals surface area (Å²) >= 11 is 0. The fraction of sp³-hybridized carbons (Fsp3) is 0.967. The summed E-state index contributed by atoms with van der Waals surface area (Å²) in [5, 5.41) is 0. The van der Waals surface area contributed by atoms with Crippen LogP contribution in [-0.4, -0.2) is 37.4 Å². The molecule has 0 amide bonds. The summed E-state index contributed by atoms with van der Waals surface area (Å²) in [7, 11) is 0. The molecule has 4 saturated carbocycles. The highest BCUT2D eigenvalue weighted by Gasteiger charge is 2.69. The standard InChI is InChI=1S/C30H48O5/c1-6-32-27(31)34-21-10-12-28(4)20(15-21)7-8-22-23(28)11-13-29(5)24(22)16-25-26(29)19(3)30(35-25)14-9-18(2)17-33-30/h18-26H,6-17H2,1-5H3/t18-,19-,20?,21+,22?,23?,24?,25?,26?,28-,29-,30+/m0/s1. The Labute approximate surface area is 212 Å². The van der Waals surface area contributed by atoms with Crippen molar-refractivity contribution in [1.82, 2.24) is 0 Å². The Morgan fingerprint density at radius 3 is 2.49 bits per heavy atom. The minimum atomic E-state index is -0.482. The number of rotatable bonds is 2. The second-order valence-electron chi connectivity index (χ2n) is 13.9. The number of carbonyl (C=O) groups is 1. The van der Waals surface area contributed by atoms with Gasteiger partial charge in [-0.15, -0.1) is 0 Å². The highest BCUT2D eigenvalue weighted by atomic mass is 16.7. The molecule has 0 aromatic rings. The third-order valence-electron chi connectivity index (χ3n) is 12.4. The van der Waals surface area contributed by atoms with E-state index in [2.05, 4.69) is 27.7 Å². The molecule has 6 rings (SSSR count). The van der Waals surface area contributed by atoms with Crippen LogP contribution in [0.4, 0.5) is 4.79 Å². The molecule has 35 heavy (non-hydrogen) atoms. The van der Waals surface area contributed by atoms with Crippen molar-refractivity contribution in [2.45, 2.75) is 117 Å². The molecule has 6 aliphatic rings. The molecule has 4 aliphatic carbocycles. The molecule has 0 aromatic carbocycles. The van der Waals surface area contributed by atoms with Crippen LogP contribution in [0.5, 0.6) is 0 Å². The summed E-state index contributed by atoms with van der Waals surface area (Å²) in [5.74, 6) is 4.55. The number of hydrogen-bond donors (Lipinski definition) is 0. The zero-order valence-corrected chi connectivity index (χ0v) is 22.7. The first kappa shape index (κ1) is 24.5. The van der Waals surface area contributed by atoms with Gasteiger partial charge in [0, 0.05) is 12.3 Å². The normalized spacial score (nSPS) is 54.9. The van der Waals surface area contributed by atoms with E-state index in [-0.39, 0.29) is 11.9 Å². The van der Waals surface area contributed by atoms with Crippen molar-refractivity contribution in [1.29, 1.82) is 0 Å². The van der Waals surface area contributed by atoms with Gasteiger partial charge in [0.15, 0.2) is 5.79 Å². The van der Waals surface area contributed by atoms with Crippen LogP contribution >= 0.6 is 0 Å². The zero-order valence-electron chi connectivity index (χ0n) is 22.7. The van der Waals surface area contributed by atoms with Gasteiger partial charge in [-0.3, -0.25) is 0 Å². The Bertz CT molecular complexity index is 820. The van der Waals surface area contributed by atoms with Gasteiger partial charge in [0.25, 0.3) is 0 Å². The highest BCUT2D eigenvalue weighted by Crippen LogP contribution is 2.71. The molecule has 0 radical (unpaired) electrons. The van der Waals surface area contributed by atoms with Crippen molar-refractivity contribution in [3.8, 4) is 0 Å². The molecular weight excluding hydrogens is 440 g/mol. The van der Waals surface area contributed by atoms with E-state index in [0.717, 1.165) is 43.6 Å². The van der Waals surface area contributed by atoms with E-state index in [1.54, 1.807) is 0 Å². The van der Waals surface area contributed by atoms with Gasteiger partial charge in [-0.1, -0.05) is 27.7 Å². The molecule has 198 valence electrons.